The molecule has 0 spiro atoms. The van der Waals surface area contributed by atoms with E-state index >= 15 is 0 Å². The first-order valence-electron chi connectivity index (χ1n) is 36.6. The van der Waals surface area contributed by atoms with Crippen molar-refractivity contribution in [2.75, 3.05) is 40.9 Å². The molecule has 1 amide bonds. The molecule has 0 fully saturated rings. The van der Waals surface area contributed by atoms with Gasteiger partial charge in [0, 0.05) is 12.8 Å². The lowest BCUT2D eigenvalue weighted by Gasteiger charge is -2.30. The zero-order valence-electron chi connectivity index (χ0n) is 57.1. The topological polar surface area (TPSA) is 114 Å². The van der Waals surface area contributed by atoms with E-state index in [1.807, 2.05) is 33.3 Å². The summed E-state index contributed by atoms with van der Waals surface area (Å²) >= 11 is 0. The molecule has 0 aromatic heterocycles. The molecule has 1 N–H and O–H groups in total. The van der Waals surface area contributed by atoms with E-state index in [-0.39, 0.29) is 31.5 Å². The van der Waals surface area contributed by atoms with Crippen LogP contribution < -0.4 is 10.2 Å². The van der Waals surface area contributed by atoms with Gasteiger partial charge in [0.15, 0.2) is 0 Å². The average Bonchev–Trinajstić information content (AvgIpc) is 3.48. The lowest BCUT2D eigenvalue weighted by Crippen LogP contribution is -2.47. The highest BCUT2D eigenvalue weighted by molar-refractivity contribution is 7.45. The summed E-state index contributed by atoms with van der Waals surface area (Å²) in [4.78, 5) is 40.2. The second kappa shape index (κ2) is 64.7. The third kappa shape index (κ3) is 66.0. The van der Waals surface area contributed by atoms with Crippen LogP contribution in [0.2, 0.25) is 0 Å². The molecule has 498 valence electrons. The number of unbranched alkanes of at least 4 members (excludes halogenated alkanes) is 43. The number of hydrogen-bond donors (Lipinski definition) is 1. The minimum Gasteiger partial charge on any atom is -0.756 e. The Morgan fingerprint density at radius 2 is 0.718 bits per heavy atom. The summed E-state index contributed by atoms with van der Waals surface area (Å²) in [5.41, 5.74) is 0. The molecule has 0 bridgehead atoms. The molecule has 85 heavy (non-hydrogen) atoms. The van der Waals surface area contributed by atoms with E-state index in [9.17, 15) is 19.0 Å². The van der Waals surface area contributed by atoms with Crippen LogP contribution in [0.4, 0.5) is 0 Å². The molecule has 10 heteroatoms. The van der Waals surface area contributed by atoms with E-state index in [0.717, 1.165) is 89.9 Å². The standard InChI is InChI=1S/C75H141N2O7P/c1-7-10-13-16-19-22-25-28-30-32-34-36-37-38-39-41-43-45-47-50-53-56-59-62-65-68-75(79)84-73(66-63-60-57-54-51-48-27-24-21-18-15-12-9-3)72(71-83-85(80,81)82-70-69-77(4,5)6)76-74(78)67-64-61-58-55-52-49-46-44-42-40-35-33-31-29-26-23-20-17-14-11-8-2/h19,22,28,30,34,36,38-39,63,66,72-73H,7-18,20-21,23-27,29,31-33,35,37,40-62,64-65,67-71H2,1-6H3,(H-,76,78,80,81)/b22-19-,30-28-,36-34-,39-38-,66-63+. The molecular formula is C75H141N2O7P. The zero-order chi connectivity index (χ0) is 62.1. The molecule has 9 nitrogen and oxygen atoms in total. The number of nitrogens with one attached hydrogen (secondary N) is 1. The van der Waals surface area contributed by atoms with E-state index < -0.39 is 20.0 Å². The molecular weight excluding hydrogens is 1070 g/mol. The molecule has 0 aliphatic heterocycles. The zero-order valence-corrected chi connectivity index (χ0v) is 58.0. The summed E-state index contributed by atoms with van der Waals surface area (Å²) in [6, 6.07) is -0.891. The van der Waals surface area contributed by atoms with E-state index in [1.165, 1.54) is 231 Å². The number of phosphoric ester groups is 1. The number of quaternary nitrogens is 1. The van der Waals surface area contributed by atoms with Crippen LogP contribution in [0.5, 0.6) is 0 Å². The Morgan fingerprint density at radius 1 is 0.412 bits per heavy atom. The number of rotatable bonds is 67. The number of hydrogen-bond acceptors (Lipinski definition) is 7. The fourth-order valence-electron chi connectivity index (χ4n) is 10.8. The van der Waals surface area contributed by atoms with Gasteiger partial charge in [-0.05, 0) is 76.7 Å². The maximum atomic E-state index is 13.6. The predicted molar refractivity (Wildman–Crippen MR) is 367 cm³/mol. The van der Waals surface area contributed by atoms with Crippen molar-refractivity contribution in [3.05, 3.63) is 60.8 Å². The van der Waals surface area contributed by atoms with E-state index in [0.29, 0.717) is 17.4 Å². The van der Waals surface area contributed by atoms with Crippen molar-refractivity contribution in [2.24, 2.45) is 0 Å². The molecule has 0 aromatic rings. The van der Waals surface area contributed by atoms with Crippen LogP contribution in [0.15, 0.2) is 60.8 Å². The van der Waals surface area contributed by atoms with Crippen molar-refractivity contribution in [3.63, 3.8) is 0 Å². The molecule has 0 aromatic carbocycles. The van der Waals surface area contributed by atoms with Gasteiger partial charge in [0.25, 0.3) is 7.82 Å². The normalized spacial score (nSPS) is 13.8. The number of allylic oxidation sites excluding steroid dienone is 9. The fourth-order valence-corrected chi connectivity index (χ4v) is 11.5. The Morgan fingerprint density at radius 3 is 1.09 bits per heavy atom. The summed E-state index contributed by atoms with van der Waals surface area (Å²) in [5, 5.41) is 3.05. The Bertz CT molecular complexity index is 1640. The third-order valence-corrected chi connectivity index (χ3v) is 17.4. The van der Waals surface area contributed by atoms with E-state index in [2.05, 4.69) is 74.7 Å². The van der Waals surface area contributed by atoms with Crippen molar-refractivity contribution < 1.29 is 37.3 Å². The number of carbonyl (C=O) groups excluding carboxylic acids is 2. The Kier molecular flexibility index (Phi) is 62.9. The van der Waals surface area contributed by atoms with Crippen LogP contribution in [0.25, 0.3) is 0 Å². The van der Waals surface area contributed by atoms with Crippen molar-refractivity contribution in [2.45, 2.75) is 367 Å². The van der Waals surface area contributed by atoms with E-state index in [4.69, 9.17) is 13.8 Å². The second-order valence-electron chi connectivity index (χ2n) is 26.1. The van der Waals surface area contributed by atoms with Gasteiger partial charge in [0.1, 0.15) is 19.3 Å². The summed E-state index contributed by atoms with van der Waals surface area (Å²) in [6.07, 6.45) is 83.4. The number of nitrogens with zero attached hydrogens (tertiary/aromatic N) is 1. The maximum absolute atomic E-state index is 13.6. The van der Waals surface area contributed by atoms with Gasteiger partial charge in [-0.25, -0.2) is 0 Å². The van der Waals surface area contributed by atoms with Crippen LogP contribution in [0.1, 0.15) is 355 Å². The maximum Gasteiger partial charge on any atom is 0.306 e. The number of amides is 1. The lowest BCUT2D eigenvalue weighted by molar-refractivity contribution is -0.870. The molecule has 0 saturated carbocycles. The number of phosphoric acid groups is 1. The van der Waals surface area contributed by atoms with Gasteiger partial charge in [0.05, 0.1) is 33.8 Å². The molecule has 0 radical (unpaired) electrons. The van der Waals surface area contributed by atoms with Gasteiger partial charge >= 0.3 is 5.97 Å². The molecule has 0 heterocycles. The van der Waals surface area contributed by atoms with Gasteiger partial charge in [-0.3, -0.25) is 14.2 Å². The van der Waals surface area contributed by atoms with Crippen LogP contribution in [0, 0.1) is 0 Å². The minimum atomic E-state index is -4.71. The van der Waals surface area contributed by atoms with Crippen molar-refractivity contribution in [1.82, 2.24) is 5.32 Å². The first-order chi connectivity index (χ1) is 41.4. The highest BCUT2D eigenvalue weighted by atomic mass is 31.2. The number of carbonyl (C=O) groups is 2. The molecule has 3 unspecified atom stereocenters. The van der Waals surface area contributed by atoms with Gasteiger partial charge in [-0.2, -0.15) is 0 Å². The molecule has 3 atom stereocenters. The average molecular weight is 1210 g/mol. The summed E-state index contributed by atoms with van der Waals surface area (Å²) in [5.74, 6) is -0.531. The molecule has 0 aliphatic rings. The Labute approximate surface area is 528 Å². The van der Waals surface area contributed by atoms with Gasteiger partial charge in [-0.15, -0.1) is 0 Å². The first-order valence-corrected chi connectivity index (χ1v) is 38.1. The lowest BCUT2D eigenvalue weighted by atomic mass is 10.0. The SMILES string of the molecule is CCCCC/C=C\C/C=C\C/C=C\C/C=C\CCCCCCCCCCCC(=O)OC(/C=C/CCCCCCCCCCCCC)C(COP(=O)([O-])OCC[N+](C)(C)C)NC(=O)CCCCCCCCCCCCCCCCCCCCCCC. The predicted octanol–water partition coefficient (Wildman–Crippen LogP) is 22.7. The molecule has 0 aliphatic carbocycles. The Balaban J connectivity index is 5.08. The minimum absolute atomic E-state index is 0.0224. The number of likely N-dealkylation sites (N-methyl/N-ethyl adjacent to an activating group) is 1. The van der Waals surface area contributed by atoms with Gasteiger partial charge in [-0.1, -0.05) is 326 Å². The molecule has 0 rings (SSSR count). The highest BCUT2D eigenvalue weighted by Gasteiger charge is 2.27. The summed E-state index contributed by atoms with van der Waals surface area (Å²) < 4.78 is 30.5. The fraction of sp³-hybridized carbons (Fsp3) is 0.840. The monoisotopic (exact) mass is 1210 g/mol. The summed E-state index contributed by atoms with van der Waals surface area (Å²) in [6.45, 7) is 6.87. The second-order valence-corrected chi connectivity index (χ2v) is 27.5. The van der Waals surface area contributed by atoms with Crippen LogP contribution in [-0.2, 0) is 27.9 Å². The van der Waals surface area contributed by atoms with Gasteiger partial charge < -0.3 is 28.5 Å². The molecule has 0 saturated heterocycles. The van der Waals surface area contributed by atoms with Crippen molar-refractivity contribution in [1.29, 1.82) is 0 Å². The smallest absolute Gasteiger partial charge is 0.306 e. The highest BCUT2D eigenvalue weighted by Crippen LogP contribution is 2.38. The van der Waals surface area contributed by atoms with Crippen molar-refractivity contribution >= 4 is 19.7 Å². The summed E-state index contributed by atoms with van der Waals surface area (Å²) in [7, 11) is 1.19. The quantitative estimate of drug-likeness (QED) is 0.0212. The van der Waals surface area contributed by atoms with Crippen LogP contribution in [-0.4, -0.2) is 69.4 Å². The largest absolute Gasteiger partial charge is 0.756 e. The van der Waals surface area contributed by atoms with Gasteiger partial charge in [0.2, 0.25) is 5.91 Å². The Hall–Kier alpha value is -2.29. The van der Waals surface area contributed by atoms with Crippen molar-refractivity contribution in [3.8, 4) is 0 Å². The third-order valence-electron chi connectivity index (χ3n) is 16.5. The first kappa shape index (κ1) is 82.7. The van der Waals surface area contributed by atoms with Crippen LogP contribution >= 0.6 is 7.82 Å². The number of esters is 1. The van der Waals surface area contributed by atoms with Crippen LogP contribution in [0.3, 0.4) is 0 Å². The number of ether oxygens (including phenoxy) is 1. The van der Waals surface area contributed by atoms with E-state index in [1.54, 1.807) is 0 Å².